The third kappa shape index (κ3) is 2.58. The minimum Gasteiger partial charge on any atom is -0.304 e. The molecule has 0 radical (unpaired) electrons. The maximum Gasteiger partial charge on any atom is 0.200 e. The van der Waals surface area contributed by atoms with E-state index in [4.69, 9.17) is 11.6 Å². The average Bonchev–Trinajstić information content (AvgIpc) is 2.54. The molecular weight excluding hydrogens is 252 g/mol. The Morgan fingerprint density at radius 2 is 2.11 bits per heavy atom. The van der Waals surface area contributed by atoms with Gasteiger partial charge in [-0.1, -0.05) is 11.6 Å². The second-order valence-electron chi connectivity index (χ2n) is 4.94. The second-order valence-corrected chi connectivity index (χ2v) is 5.35. The lowest BCUT2D eigenvalue weighted by atomic mass is 10.1. The van der Waals surface area contributed by atoms with Gasteiger partial charge in [-0.25, -0.2) is 0 Å². The molecule has 5 nitrogen and oxygen atoms in total. The lowest BCUT2D eigenvalue weighted by Crippen LogP contribution is -2.44. The van der Waals surface area contributed by atoms with Crippen molar-refractivity contribution in [3.8, 4) is 0 Å². The SMILES string of the molecule is CN1CCCN(C)C(C(=O)c2c(Cl)cnn2C)C1. The number of aryl methyl sites for hydroxylation is 1. The number of aromatic nitrogens is 2. The summed E-state index contributed by atoms with van der Waals surface area (Å²) in [5, 5.41) is 4.46. The van der Waals surface area contributed by atoms with E-state index in [9.17, 15) is 4.79 Å². The molecule has 1 aromatic rings. The first kappa shape index (κ1) is 13.5. The normalized spacial score (nSPS) is 23.0. The van der Waals surface area contributed by atoms with E-state index in [1.54, 1.807) is 11.7 Å². The summed E-state index contributed by atoms with van der Waals surface area (Å²) in [4.78, 5) is 16.9. The largest absolute Gasteiger partial charge is 0.304 e. The Balaban J connectivity index is 2.26. The van der Waals surface area contributed by atoms with Gasteiger partial charge in [0.15, 0.2) is 0 Å². The van der Waals surface area contributed by atoms with Crippen LogP contribution in [0, 0.1) is 0 Å². The van der Waals surface area contributed by atoms with E-state index in [2.05, 4.69) is 14.9 Å². The number of rotatable bonds is 2. The van der Waals surface area contributed by atoms with Gasteiger partial charge >= 0.3 is 0 Å². The molecule has 0 aliphatic carbocycles. The van der Waals surface area contributed by atoms with Crippen LogP contribution in [0.1, 0.15) is 16.9 Å². The smallest absolute Gasteiger partial charge is 0.200 e. The topological polar surface area (TPSA) is 41.4 Å². The van der Waals surface area contributed by atoms with Gasteiger partial charge in [-0.2, -0.15) is 5.10 Å². The molecule has 2 heterocycles. The molecular formula is C12H19ClN4O. The standard InChI is InChI=1S/C12H19ClN4O/c1-15-5-4-6-16(2)10(8-15)12(18)11-9(13)7-14-17(11)3/h7,10H,4-6,8H2,1-3H3. The number of Topliss-reactive ketones (excluding diaryl/α,β-unsaturated/α-hetero) is 1. The minimum atomic E-state index is -0.148. The van der Waals surface area contributed by atoms with Crippen LogP contribution in [0.25, 0.3) is 0 Å². The third-order valence-electron chi connectivity index (χ3n) is 3.50. The average molecular weight is 271 g/mol. The Kier molecular flexibility index (Phi) is 4.04. The van der Waals surface area contributed by atoms with E-state index in [-0.39, 0.29) is 11.8 Å². The van der Waals surface area contributed by atoms with Gasteiger partial charge in [-0.15, -0.1) is 0 Å². The lowest BCUT2D eigenvalue weighted by Gasteiger charge is -2.26. The Morgan fingerprint density at radius 3 is 2.72 bits per heavy atom. The van der Waals surface area contributed by atoms with E-state index in [0.29, 0.717) is 10.7 Å². The number of ketones is 1. The van der Waals surface area contributed by atoms with E-state index < -0.39 is 0 Å². The molecule has 6 heteroatoms. The summed E-state index contributed by atoms with van der Waals surface area (Å²) in [6, 6.07) is -0.148. The summed E-state index contributed by atoms with van der Waals surface area (Å²) in [6.07, 6.45) is 2.60. The number of hydrogen-bond donors (Lipinski definition) is 0. The van der Waals surface area contributed by atoms with Crippen molar-refractivity contribution in [2.75, 3.05) is 33.7 Å². The van der Waals surface area contributed by atoms with E-state index in [1.165, 1.54) is 6.20 Å². The van der Waals surface area contributed by atoms with Gasteiger partial charge in [0.2, 0.25) is 5.78 Å². The van der Waals surface area contributed by atoms with Gasteiger partial charge in [-0.05, 0) is 33.6 Å². The summed E-state index contributed by atoms with van der Waals surface area (Å²) in [6.45, 7) is 2.68. The quantitative estimate of drug-likeness (QED) is 0.749. The molecule has 100 valence electrons. The van der Waals surface area contributed by atoms with Crippen molar-refractivity contribution in [3.05, 3.63) is 16.9 Å². The van der Waals surface area contributed by atoms with Crippen LogP contribution in [-0.4, -0.2) is 65.1 Å². The molecule has 1 unspecified atom stereocenters. The predicted molar refractivity (Wildman–Crippen MR) is 71.1 cm³/mol. The van der Waals surface area contributed by atoms with Crippen molar-refractivity contribution < 1.29 is 4.79 Å². The highest BCUT2D eigenvalue weighted by Crippen LogP contribution is 2.19. The molecule has 1 atom stereocenters. The molecule has 0 amide bonds. The lowest BCUT2D eigenvalue weighted by molar-refractivity contribution is 0.0829. The molecule has 1 aliphatic heterocycles. The number of halogens is 1. The third-order valence-corrected chi connectivity index (χ3v) is 3.77. The molecule has 1 aliphatic rings. The fraction of sp³-hybridized carbons (Fsp3) is 0.667. The molecule has 18 heavy (non-hydrogen) atoms. The summed E-state index contributed by atoms with van der Waals surface area (Å²) >= 11 is 6.05. The van der Waals surface area contributed by atoms with Crippen molar-refractivity contribution in [3.63, 3.8) is 0 Å². The van der Waals surface area contributed by atoms with Crippen LogP contribution >= 0.6 is 11.6 Å². The zero-order chi connectivity index (χ0) is 13.3. The fourth-order valence-corrected chi connectivity index (χ4v) is 2.66. The van der Waals surface area contributed by atoms with E-state index in [0.717, 1.165) is 26.1 Å². The van der Waals surface area contributed by atoms with E-state index in [1.807, 2.05) is 14.1 Å². The minimum absolute atomic E-state index is 0.0521. The molecule has 1 fully saturated rings. The van der Waals surface area contributed by atoms with Gasteiger partial charge in [0.1, 0.15) is 5.69 Å². The van der Waals surface area contributed by atoms with Gasteiger partial charge in [-0.3, -0.25) is 14.4 Å². The van der Waals surface area contributed by atoms with Crippen molar-refractivity contribution in [2.45, 2.75) is 12.5 Å². The number of carbonyl (C=O) groups excluding carboxylic acids is 1. The van der Waals surface area contributed by atoms with Crippen molar-refractivity contribution in [2.24, 2.45) is 7.05 Å². The highest BCUT2D eigenvalue weighted by atomic mass is 35.5. The summed E-state index contributed by atoms with van der Waals surface area (Å²) in [5.74, 6) is 0.0521. The first-order chi connectivity index (χ1) is 8.50. The molecule has 0 N–H and O–H groups in total. The van der Waals surface area contributed by atoms with Crippen LogP contribution < -0.4 is 0 Å². The molecule has 0 saturated carbocycles. The van der Waals surface area contributed by atoms with Gasteiger partial charge in [0, 0.05) is 13.6 Å². The molecule has 2 rings (SSSR count). The van der Waals surface area contributed by atoms with Crippen LogP contribution in [0.2, 0.25) is 5.02 Å². The summed E-state index contributed by atoms with van der Waals surface area (Å²) in [5.41, 5.74) is 0.504. The second kappa shape index (κ2) is 5.38. The van der Waals surface area contributed by atoms with Crippen LogP contribution in [0.15, 0.2) is 6.20 Å². The maximum absolute atomic E-state index is 12.6. The van der Waals surface area contributed by atoms with Gasteiger partial charge in [0.05, 0.1) is 17.3 Å². The zero-order valence-corrected chi connectivity index (χ0v) is 11.8. The van der Waals surface area contributed by atoms with Gasteiger partial charge in [0.25, 0.3) is 0 Å². The van der Waals surface area contributed by atoms with Crippen molar-refractivity contribution in [1.82, 2.24) is 19.6 Å². The van der Waals surface area contributed by atoms with Crippen LogP contribution in [0.4, 0.5) is 0 Å². The molecule has 0 spiro atoms. The van der Waals surface area contributed by atoms with Crippen LogP contribution in [0.5, 0.6) is 0 Å². The maximum atomic E-state index is 12.6. The van der Waals surface area contributed by atoms with Gasteiger partial charge < -0.3 is 4.90 Å². The Morgan fingerprint density at radius 1 is 1.39 bits per heavy atom. The molecule has 0 aromatic carbocycles. The first-order valence-electron chi connectivity index (χ1n) is 6.11. The summed E-state index contributed by atoms with van der Waals surface area (Å²) in [7, 11) is 5.79. The highest BCUT2D eigenvalue weighted by Gasteiger charge is 2.30. The van der Waals surface area contributed by atoms with E-state index >= 15 is 0 Å². The molecule has 1 saturated heterocycles. The van der Waals surface area contributed by atoms with Crippen LogP contribution in [-0.2, 0) is 7.05 Å². The predicted octanol–water partition coefficient (Wildman–Crippen LogP) is 0.892. The monoisotopic (exact) mass is 270 g/mol. The Hall–Kier alpha value is -0.910. The Labute approximate surface area is 112 Å². The van der Waals surface area contributed by atoms with Crippen LogP contribution in [0.3, 0.4) is 0 Å². The number of nitrogens with zero attached hydrogens (tertiary/aromatic N) is 4. The first-order valence-corrected chi connectivity index (χ1v) is 6.49. The summed E-state index contributed by atoms with van der Waals surface area (Å²) < 4.78 is 1.56. The fourth-order valence-electron chi connectivity index (χ4n) is 2.40. The zero-order valence-electron chi connectivity index (χ0n) is 11.1. The Bertz CT molecular complexity index is 426. The number of likely N-dealkylation sites (N-methyl/N-ethyl adjacent to an activating group) is 2. The number of carbonyl (C=O) groups is 1. The molecule has 1 aromatic heterocycles. The highest BCUT2D eigenvalue weighted by molar-refractivity contribution is 6.33. The number of hydrogen-bond acceptors (Lipinski definition) is 4. The van der Waals surface area contributed by atoms with Crippen molar-refractivity contribution >= 4 is 17.4 Å². The molecule has 0 bridgehead atoms. The van der Waals surface area contributed by atoms with Crippen molar-refractivity contribution in [1.29, 1.82) is 0 Å².